The Kier molecular flexibility index (Phi) is 6.54. The Morgan fingerprint density at radius 2 is 1.93 bits per heavy atom. The van der Waals surface area contributed by atoms with Gasteiger partial charge >= 0.3 is 6.36 Å². The van der Waals surface area contributed by atoms with Gasteiger partial charge in [-0.3, -0.25) is 9.80 Å². The third-order valence-electron chi connectivity index (χ3n) is 6.00. The molecule has 2 aliphatic rings. The van der Waals surface area contributed by atoms with Crippen LogP contribution in [0.25, 0.3) is 0 Å². The molecule has 1 saturated heterocycles. The maximum Gasteiger partial charge on any atom is 0.573 e. The molecule has 8 heteroatoms. The fraction of sp³-hybridized carbons (Fsp3) is 0.700. The highest BCUT2D eigenvalue weighted by molar-refractivity contribution is 5.33. The maximum absolute atomic E-state index is 12.6. The van der Waals surface area contributed by atoms with E-state index < -0.39 is 18.2 Å². The van der Waals surface area contributed by atoms with Crippen molar-refractivity contribution in [3.05, 3.63) is 29.8 Å². The van der Waals surface area contributed by atoms with Crippen LogP contribution in [-0.2, 0) is 0 Å². The van der Waals surface area contributed by atoms with Crippen molar-refractivity contribution in [2.45, 2.75) is 56.2 Å². The van der Waals surface area contributed by atoms with E-state index in [9.17, 15) is 23.4 Å². The Morgan fingerprint density at radius 3 is 2.57 bits per heavy atom. The lowest BCUT2D eigenvalue weighted by Gasteiger charge is -2.44. The maximum atomic E-state index is 12.6. The molecule has 3 rings (SSSR count). The number of rotatable bonds is 5. The van der Waals surface area contributed by atoms with Crippen LogP contribution in [0.4, 0.5) is 13.2 Å². The summed E-state index contributed by atoms with van der Waals surface area (Å²) in [5, 5.41) is 21.5. The first kappa shape index (κ1) is 21.4. The van der Waals surface area contributed by atoms with Gasteiger partial charge in [0, 0.05) is 32.1 Å². The minimum Gasteiger partial charge on any atom is -0.406 e. The molecule has 1 saturated carbocycles. The molecule has 0 aromatic heterocycles. The number of halogens is 3. The van der Waals surface area contributed by atoms with Gasteiger partial charge in [-0.05, 0) is 37.6 Å². The number of aliphatic hydroxyl groups is 2. The lowest BCUT2D eigenvalue weighted by atomic mass is 9.72. The van der Waals surface area contributed by atoms with Crippen LogP contribution in [0.15, 0.2) is 24.3 Å². The second-order valence-corrected chi connectivity index (χ2v) is 8.06. The van der Waals surface area contributed by atoms with E-state index in [1.807, 2.05) is 11.9 Å². The van der Waals surface area contributed by atoms with Crippen LogP contribution in [0.5, 0.6) is 5.75 Å². The second-order valence-electron chi connectivity index (χ2n) is 8.06. The molecule has 0 amide bonds. The molecule has 1 heterocycles. The highest BCUT2D eigenvalue weighted by Crippen LogP contribution is 2.41. The first-order chi connectivity index (χ1) is 13.2. The van der Waals surface area contributed by atoms with Crippen LogP contribution in [-0.4, -0.2) is 71.4 Å². The third kappa shape index (κ3) is 5.37. The van der Waals surface area contributed by atoms with Gasteiger partial charge in [0.2, 0.25) is 0 Å². The minimum absolute atomic E-state index is 0.271. The molecule has 1 aromatic carbocycles. The lowest BCUT2D eigenvalue weighted by Crippen LogP contribution is -2.54. The Balaban J connectivity index is 1.85. The molecule has 28 heavy (non-hydrogen) atoms. The number of nitrogens with zero attached hydrogens (tertiary/aromatic N) is 2. The lowest BCUT2D eigenvalue weighted by molar-refractivity contribution is -0.274. The molecule has 2 N–H and O–H groups in total. The number of benzene rings is 1. The summed E-state index contributed by atoms with van der Waals surface area (Å²) in [4.78, 5) is 3.94. The number of hydrogen-bond donors (Lipinski definition) is 2. The SMILES string of the molecule is CN1CCN(C[C@H](c2cccc(OC(F)(F)F)c2)C2(O)CCCCC2)CC1O. The van der Waals surface area contributed by atoms with E-state index in [1.54, 1.807) is 6.07 Å². The summed E-state index contributed by atoms with van der Waals surface area (Å²) < 4.78 is 42.0. The van der Waals surface area contributed by atoms with Crippen molar-refractivity contribution < 1.29 is 28.1 Å². The van der Waals surface area contributed by atoms with Crippen molar-refractivity contribution in [3.8, 4) is 5.75 Å². The van der Waals surface area contributed by atoms with E-state index in [2.05, 4.69) is 9.64 Å². The minimum atomic E-state index is -4.75. The topological polar surface area (TPSA) is 56.2 Å². The summed E-state index contributed by atoms with van der Waals surface area (Å²) in [5.74, 6) is -0.618. The average Bonchev–Trinajstić information content (AvgIpc) is 2.62. The van der Waals surface area contributed by atoms with E-state index in [-0.39, 0.29) is 11.7 Å². The van der Waals surface area contributed by atoms with Gasteiger partial charge in [-0.25, -0.2) is 0 Å². The van der Waals surface area contributed by atoms with Crippen LogP contribution in [0, 0.1) is 0 Å². The van der Waals surface area contributed by atoms with Gasteiger partial charge < -0.3 is 14.9 Å². The Morgan fingerprint density at radius 1 is 1.21 bits per heavy atom. The van der Waals surface area contributed by atoms with Crippen molar-refractivity contribution in [3.63, 3.8) is 0 Å². The van der Waals surface area contributed by atoms with Crippen LogP contribution < -0.4 is 4.74 Å². The van der Waals surface area contributed by atoms with Gasteiger partial charge in [-0.15, -0.1) is 13.2 Å². The van der Waals surface area contributed by atoms with E-state index in [0.717, 1.165) is 25.8 Å². The molecule has 5 nitrogen and oxygen atoms in total. The molecule has 1 unspecified atom stereocenters. The molecule has 1 aliphatic heterocycles. The quantitative estimate of drug-likeness (QED) is 0.793. The number of ether oxygens (including phenoxy) is 1. The van der Waals surface area contributed by atoms with Crippen molar-refractivity contribution >= 4 is 0 Å². The zero-order chi connectivity index (χ0) is 20.4. The highest BCUT2D eigenvalue weighted by atomic mass is 19.4. The number of β-amino-alcohol motifs (C(OH)–C–C–N with tert-alkyl or cyclic N) is 1. The number of hydrogen-bond acceptors (Lipinski definition) is 5. The van der Waals surface area contributed by atoms with Crippen molar-refractivity contribution in [1.82, 2.24) is 9.80 Å². The fourth-order valence-electron chi connectivity index (χ4n) is 4.36. The van der Waals surface area contributed by atoms with Gasteiger partial charge in [0.15, 0.2) is 0 Å². The molecule has 1 aliphatic carbocycles. The van der Waals surface area contributed by atoms with Gasteiger partial charge in [0.1, 0.15) is 12.0 Å². The summed E-state index contributed by atoms with van der Waals surface area (Å²) in [6.45, 7) is 2.36. The smallest absolute Gasteiger partial charge is 0.406 e. The van der Waals surface area contributed by atoms with Gasteiger partial charge in [-0.2, -0.15) is 0 Å². The molecule has 1 aromatic rings. The molecule has 2 fully saturated rings. The van der Waals surface area contributed by atoms with Gasteiger partial charge in [-0.1, -0.05) is 31.4 Å². The first-order valence-corrected chi connectivity index (χ1v) is 9.85. The Bertz CT molecular complexity index is 650. The van der Waals surface area contributed by atoms with Crippen molar-refractivity contribution in [2.24, 2.45) is 0 Å². The summed E-state index contributed by atoms with van der Waals surface area (Å²) >= 11 is 0. The van der Waals surface area contributed by atoms with Gasteiger partial charge in [0.05, 0.1) is 5.60 Å². The zero-order valence-corrected chi connectivity index (χ0v) is 16.2. The van der Waals surface area contributed by atoms with Crippen molar-refractivity contribution in [1.29, 1.82) is 0 Å². The summed E-state index contributed by atoms with van der Waals surface area (Å²) in [6.07, 6.45) is -1.24. The summed E-state index contributed by atoms with van der Waals surface area (Å²) in [5.41, 5.74) is -0.330. The van der Waals surface area contributed by atoms with Crippen LogP contribution >= 0.6 is 0 Å². The molecule has 0 radical (unpaired) electrons. The predicted octanol–water partition coefficient (Wildman–Crippen LogP) is 2.93. The molecule has 158 valence electrons. The molecular weight excluding hydrogens is 373 g/mol. The first-order valence-electron chi connectivity index (χ1n) is 9.85. The average molecular weight is 402 g/mol. The van der Waals surface area contributed by atoms with E-state index in [1.165, 1.54) is 18.2 Å². The normalized spacial score (nSPS) is 25.4. The number of piperazine rings is 1. The van der Waals surface area contributed by atoms with Crippen LogP contribution in [0.3, 0.4) is 0 Å². The Labute approximate surface area is 163 Å². The molecule has 0 spiro atoms. The number of alkyl halides is 3. The number of likely N-dealkylation sites (N-methyl/N-ethyl adjacent to an activating group) is 1. The number of aliphatic hydroxyl groups excluding tert-OH is 1. The third-order valence-corrected chi connectivity index (χ3v) is 6.00. The standard InChI is InChI=1S/C20H29F3N2O3/c1-24-10-11-25(14-18(24)26)13-17(19(27)8-3-2-4-9-19)15-6-5-7-16(12-15)28-20(21,22)23/h5-7,12,17-18,26-27H,2-4,8-11,13-14H2,1H3/t17-,18?/m1/s1. The predicted molar refractivity (Wildman–Crippen MR) is 99.0 cm³/mol. The van der Waals surface area contributed by atoms with Gasteiger partial charge in [0.25, 0.3) is 0 Å². The molecule has 0 bridgehead atoms. The molecular formula is C20H29F3N2O3. The Hall–Kier alpha value is -1.35. The largest absolute Gasteiger partial charge is 0.573 e. The van der Waals surface area contributed by atoms with Crippen molar-refractivity contribution in [2.75, 3.05) is 33.2 Å². The zero-order valence-electron chi connectivity index (χ0n) is 16.2. The second kappa shape index (κ2) is 8.57. The fourth-order valence-corrected chi connectivity index (χ4v) is 4.36. The summed E-state index contributed by atoms with van der Waals surface area (Å²) in [6, 6.07) is 5.96. The summed E-state index contributed by atoms with van der Waals surface area (Å²) in [7, 11) is 1.85. The van der Waals surface area contributed by atoms with Crippen LogP contribution in [0.1, 0.15) is 43.6 Å². The molecule has 2 atom stereocenters. The monoisotopic (exact) mass is 402 g/mol. The van der Waals surface area contributed by atoms with E-state index >= 15 is 0 Å². The van der Waals surface area contributed by atoms with E-state index in [0.29, 0.717) is 38.0 Å². The van der Waals surface area contributed by atoms with E-state index in [4.69, 9.17) is 0 Å². The van der Waals surface area contributed by atoms with Crippen LogP contribution in [0.2, 0.25) is 0 Å². The highest BCUT2D eigenvalue weighted by Gasteiger charge is 2.41.